The van der Waals surface area contributed by atoms with Crippen molar-refractivity contribution in [3.63, 3.8) is 0 Å². The third kappa shape index (κ3) is 4.30. The molecule has 2 unspecified atom stereocenters. The van der Waals surface area contributed by atoms with Crippen molar-refractivity contribution < 1.29 is 13.2 Å². The molecule has 1 aromatic carbocycles. The molecule has 1 aromatic rings. The van der Waals surface area contributed by atoms with Crippen molar-refractivity contribution in [2.45, 2.75) is 43.7 Å². The number of sulfone groups is 1. The second-order valence-electron chi connectivity index (χ2n) is 5.58. The zero-order chi connectivity index (χ0) is 14.6. The first-order valence-electron chi connectivity index (χ1n) is 7.10. The van der Waals surface area contributed by atoms with Gasteiger partial charge in [0.15, 0.2) is 9.84 Å². The van der Waals surface area contributed by atoms with Crippen LogP contribution in [0.1, 0.15) is 25.3 Å². The molecule has 0 spiro atoms. The second kappa shape index (κ2) is 6.70. The fourth-order valence-corrected chi connectivity index (χ4v) is 3.99. The van der Waals surface area contributed by atoms with Gasteiger partial charge in [-0.05, 0) is 38.8 Å². The summed E-state index contributed by atoms with van der Waals surface area (Å²) in [6.45, 7) is 5.35. The molecule has 1 fully saturated rings. The van der Waals surface area contributed by atoms with Crippen molar-refractivity contribution >= 4 is 9.84 Å². The first-order chi connectivity index (χ1) is 9.47. The monoisotopic (exact) mass is 297 g/mol. The Morgan fingerprint density at radius 1 is 1.35 bits per heavy atom. The van der Waals surface area contributed by atoms with E-state index in [2.05, 4.69) is 5.32 Å². The smallest absolute Gasteiger partial charge is 0.179 e. The van der Waals surface area contributed by atoms with E-state index in [1.54, 1.807) is 12.1 Å². The van der Waals surface area contributed by atoms with Gasteiger partial charge in [0, 0.05) is 18.7 Å². The third-order valence-electron chi connectivity index (χ3n) is 3.53. The summed E-state index contributed by atoms with van der Waals surface area (Å²) in [6.07, 6.45) is 2.09. The Hall–Kier alpha value is -0.910. The number of benzene rings is 1. The molecule has 1 N–H and O–H groups in total. The molecule has 5 heteroatoms. The topological polar surface area (TPSA) is 55.4 Å². The zero-order valence-corrected chi connectivity index (χ0v) is 12.9. The van der Waals surface area contributed by atoms with Crippen LogP contribution in [0.25, 0.3) is 0 Å². The fourth-order valence-electron chi connectivity index (χ4n) is 2.49. The molecule has 20 heavy (non-hydrogen) atoms. The summed E-state index contributed by atoms with van der Waals surface area (Å²) >= 11 is 0. The molecule has 112 valence electrons. The maximum atomic E-state index is 12.3. The average molecular weight is 297 g/mol. The molecule has 2 atom stereocenters. The lowest BCUT2D eigenvalue weighted by atomic mass is 10.1. The van der Waals surface area contributed by atoms with Gasteiger partial charge in [0.1, 0.15) is 0 Å². The molecule has 0 aromatic heterocycles. The van der Waals surface area contributed by atoms with Gasteiger partial charge in [0.25, 0.3) is 0 Å². The van der Waals surface area contributed by atoms with Crippen LogP contribution in [0.5, 0.6) is 0 Å². The second-order valence-corrected chi connectivity index (χ2v) is 7.61. The lowest BCUT2D eigenvalue weighted by Gasteiger charge is -2.26. The molecule has 0 radical (unpaired) electrons. The van der Waals surface area contributed by atoms with Crippen LogP contribution in [0, 0.1) is 6.92 Å². The van der Waals surface area contributed by atoms with Gasteiger partial charge in [-0.3, -0.25) is 0 Å². The Balaban J connectivity index is 1.95. The van der Waals surface area contributed by atoms with E-state index in [0.29, 0.717) is 11.5 Å². The van der Waals surface area contributed by atoms with Crippen molar-refractivity contribution in [3.05, 3.63) is 29.8 Å². The molecule has 1 saturated heterocycles. The summed E-state index contributed by atoms with van der Waals surface area (Å²) in [5.41, 5.74) is 1.06. The summed E-state index contributed by atoms with van der Waals surface area (Å²) in [6, 6.07) is 7.22. The highest BCUT2D eigenvalue weighted by atomic mass is 32.2. The van der Waals surface area contributed by atoms with E-state index in [-0.39, 0.29) is 17.8 Å². The van der Waals surface area contributed by atoms with Crippen LogP contribution >= 0.6 is 0 Å². The maximum Gasteiger partial charge on any atom is 0.179 e. The largest absolute Gasteiger partial charge is 0.380 e. The minimum atomic E-state index is -3.23. The van der Waals surface area contributed by atoms with Gasteiger partial charge in [-0.2, -0.15) is 0 Å². The van der Waals surface area contributed by atoms with Crippen molar-refractivity contribution in [2.24, 2.45) is 0 Å². The normalized spacial score (nSPS) is 21.6. The fraction of sp³-hybridized carbons (Fsp3) is 0.600. The minimum Gasteiger partial charge on any atom is -0.380 e. The number of aryl methyl sites for hydroxylation is 1. The summed E-state index contributed by atoms with van der Waals surface area (Å²) in [4.78, 5) is 0.400. The standard InChI is InChI=1S/C15H23NO3S/c1-12-5-7-15(8-6-12)20(17,18)11-13(2)16-14-4-3-9-19-10-14/h5-8,13-14,16H,3-4,9-11H2,1-2H3. The van der Waals surface area contributed by atoms with Gasteiger partial charge in [-0.15, -0.1) is 0 Å². The van der Waals surface area contributed by atoms with E-state index in [1.165, 1.54) is 0 Å². The van der Waals surface area contributed by atoms with Crippen LogP contribution in [-0.2, 0) is 14.6 Å². The van der Waals surface area contributed by atoms with E-state index in [1.807, 2.05) is 26.0 Å². The van der Waals surface area contributed by atoms with E-state index >= 15 is 0 Å². The van der Waals surface area contributed by atoms with Crippen LogP contribution < -0.4 is 5.32 Å². The highest BCUT2D eigenvalue weighted by Crippen LogP contribution is 2.14. The van der Waals surface area contributed by atoms with Crippen molar-refractivity contribution in [3.8, 4) is 0 Å². The Bertz CT molecular complexity index is 519. The van der Waals surface area contributed by atoms with Crippen molar-refractivity contribution in [1.29, 1.82) is 0 Å². The first-order valence-corrected chi connectivity index (χ1v) is 8.76. The van der Waals surface area contributed by atoms with Gasteiger partial charge in [0.05, 0.1) is 17.3 Å². The van der Waals surface area contributed by atoms with Crippen molar-refractivity contribution in [2.75, 3.05) is 19.0 Å². The number of hydrogen-bond donors (Lipinski definition) is 1. The van der Waals surface area contributed by atoms with E-state index in [9.17, 15) is 8.42 Å². The molecule has 4 nitrogen and oxygen atoms in total. The van der Waals surface area contributed by atoms with E-state index in [0.717, 1.165) is 25.0 Å². The molecule has 0 aliphatic carbocycles. The summed E-state index contributed by atoms with van der Waals surface area (Å²) in [7, 11) is -3.23. The maximum absolute atomic E-state index is 12.3. The predicted octanol–water partition coefficient (Wildman–Crippen LogP) is 1.93. The Labute approximate surface area is 121 Å². The van der Waals surface area contributed by atoms with Crippen LogP contribution in [-0.4, -0.2) is 39.5 Å². The molecule has 1 aliphatic rings. The summed E-state index contributed by atoms with van der Waals surface area (Å²) in [5.74, 6) is 0.118. The highest BCUT2D eigenvalue weighted by Gasteiger charge is 2.21. The zero-order valence-electron chi connectivity index (χ0n) is 12.1. The predicted molar refractivity (Wildman–Crippen MR) is 79.7 cm³/mol. The quantitative estimate of drug-likeness (QED) is 0.902. The first kappa shape index (κ1) is 15.5. The van der Waals surface area contributed by atoms with E-state index in [4.69, 9.17) is 4.74 Å². The number of nitrogens with one attached hydrogen (secondary N) is 1. The molecule has 1 heterocycles. The summed E-state index contributed by atoms with van der Waals surface area (Å²) in [5, 5.41) is 3.35. The Kier molecular flexibility index (Phi) is 5.18. The lowest BCUT2D eigenvalue weighted by molar-refractivity contribution is 0.0679. The number of ether oxygens (including phenoxy) is 1. The molecule has 1 aliphatic heterocycles. The summed E-state index contributed by atoms with van der Waals surface area (Å²) < 4.78 is 30.0. The Morgan fingerprint density at radius 3 is 2.65 bits per heavy atom. The van der Waals surface area contributed by atoms with Crippen LogP contribution in [0.3, 0.4) is 0 Å². The molecular weight excluding hydrogens is 274 g/mol. The average Bonchev–Trinajstić information content (AvgIpc) is 2.39. The van der Waals surface area contributed by atoms with E-state index < -0.39 is 9.84 Å². The van der Waals surface area contributed by atoms with Crippen LogP contribution in [0.2, 0.25) is 0 Å². The van der Waals surface area contributed by atoms with Gasteiger partial charge in [-0.25, -0.2) is 8.42 Å². The van der Waals surface area contributed by atoms with Gasteiger partial charge in [-0.1, -0.05) is 17.7 Å². The number of hydrogen-bond acceptors (Lipinski definition) is 4. The third-order valence-corrected chi connectivity index (χ3v) is 5.46. The molecule has 0 bridgehead atoms. The SMILES string of the molecule is Cc1ccc(S(=O)(=O)CC(C)NC2CCCOC2)cc1. The van der Waals surface area contributed by atoms with Crippen LogP contribution in [0.4, 0.5) is 0 Å². The molecule has 0 saturated carbocycles. The van der Waals surface area contributed by atoms with Gasteiger partial charge >= 0.3 is 0 Å². The molecule has 2 rings (SSSR count). The highest BCUT2D eigenvalue weighted by molar-refractivity contribution is 7.91. The van der Waals surface area contributed by atoms with Gasteiger partial charge < -0.3 is 10.1 Å². The van der Waals surface area contributed by atoms with Crippen molar-refractivity contribution in [1.82, 2.24) is 5.32 Å². The number of rotatable bonds is 5. The lowest BCUT2D eigenvalue weighted by Crippen LogP contribution is -2.44. The Morgan fingerprint density at radius 2 is 2.05 bits per heavy atom. The van der Waals surface area contributed by atoms with Crippen LogP contribution in [0.15, 0.2) is 29.2 Å². The van der Waals surface area contributed by atoms with Gasteiger partial charge in [0.2, 0.25) is 0 Å². The molecular formula is C15H23NO3S. The molecule has 0 amide bonds. The minimum absolute atomic E-state index is 0.0759.